The van der Waals surface area contributed by atoms with Gasteiger partial charge in [-0.2, -0.15) is 13.2 Å². The van der Waals surface area contributed by atoms with Crippen molar-refractivity contribution in [1.82, 2.24) is 0 Å². The molecule has 5 nitrogen and oxygen atoms in total. The van der Waals surface area contributed by atoms with Crippen LogP contribution in [-0.4, -0.2) is 16.5 Å². The topological polar surface area (TPSA) is 68.2 Å². The minimum absolute atomic E-state index is 0.0778. The lowest BCUT2D eigenvalue weighted by Crippen LogP contribution is -2.06. The van der Waals surface area contributed by atoms with Gasteiger partial charge in [0, 0.05) is 12.5 Å². The standard InChI is InChI=1S/C32H33F3O5.C2H6/c1-6-7-20(2)14-23(5)38-30-18-25(32(33,34)35)10-12-29(30)40-28-16-21(3)15-27(19-28)39-26-11-8-24(22(4)17-26)9-13-31(36)37;1-2/h6-8,10-12,14-19,31,36-37H,5,9,13H2,1-4H3;1-2H3/b7-6-,20-14-;. The highest BCUT2D eigenvalue weighted by molar-refractivity contribution is 5.49. The number of benzene rings is 3. The Morgan fingerprint density at radius 3 is 2.17 bits per heavy atom. The third-order valence-electron chi connectivity index (χ3n) is 5.80. The van der Waals surface area contributed by atoms with Crippen molar-refractivity contribution in [2.75, 3.05) is 0 Å². The summed E-state index contributed by atoms with van der Waals surface area (Å²) in [6.07, 6.45) is 0.0734. The summed E-state index contributed by atoms with van der Waals surface area (Å²) in [6, 6.07) is 13.7. The number of allylic oxidation sites excluding steroid dienone is 4. The van der Waals surface area contributed by atoms with E-state index in [0.717, 1.165) is 34.4 Å². The van der Waals surface area contributed by atoms with Crippen LogP contribution in [0, 0.1) is 13.8 Å². The SMILES string of the molecule is C=C(/C=C(C)\C=C/C)Oc1cc(C(F)(F)F)ccc1Oc1cc(C)cc(Oc2ccc(CCC(O)O)c(C)c2)c1.CC. The van der Waals surface area contributed by atoms with Crippen molar-refractivity contribution in [3.05, 3.63) is 113 Å². The number of hydrogen-bond acceptors (Lipinski definition) is 5. The number of halogens is 3. The minimum atomic E-state index is -4.56. The lowest BCUT2D eigenvalue weighted by Gasteiger charge is -2.16. The number of ether oxygens (including phenoxy) is 3. The summed E-state index contributed by atoms with van der Waals surface area (Å²) in [4.78, 5) is 0. The Kier molecular flexibility index (Phi) is 12.9. The number of rotatable bonds is 11. The fraction of sp³-hybridized carbons (Fsp3) is 0.294. The fourth-order valence-corrected chi connectivity index (χ4v) is 3.98. The van der Waals surface area contributed by atoms with E-state index in [1.165, 1.54) is 6.07 Å². The lowest BCUT2D eigenvalue weighted by atomic mass is 10.0. The van der Waals surface area contributed by atoms with Gasteiger partial charge in [-0.1, -0.05) is 38.6 Å². The summed E-state index contributed by atoms with van der Waals surface area (Å²) in [7, 11) is 0. The summed E-state index contributed by atoms with van der Waals surface area (Å²) in [5.74, 6) is 1.48. The molecular formula is C34H39F3O5. The first-order valence-electron chi connectivity index (χ1n) is 13.7. The maximum atomic E-state index is 13.4. The first-order chi connectivity index (χ1) is 19.8. The van der Waals surface area contributed by atoms with Gasteiger partial charge in [0.2, 0.25) is 0 Å². The molecule has 0 bridgehead atoms. The van der Waals surface area contributed by atoms with E-state index in [1.54, 1.807) is 30.3 Å². The van der Waals surface area contributed by atoms with Gasteiger partial charge in [0.15, 0.2) is 17.8 Å². The second-order valence-electron chi connectivity index (χ2n) is 9.41. The van der Waals surface area contributed by atoms with E-state index in [9.17, 15) is 13.2 Å². The van der Waals surface area contributed by atoms with E-state index in [0.29, 0.717) is 23.7 Å². The second-order valence-corrected chi connectivity index (χ2v) is 9.41. The van der Waals surface area contributed by atoms with Crippen molar-refractivity contribution in [2.45, 2.75) is 66.9 Å². The van der Waals surface area contributed by atoms with E-state index in [4.69, 9.17) is 24.4 Å². The zero-order valence-electron chi connectivity index (χ0n) is 24.9. The molecule has 0 aliphatic heterocycles. The van der Waals surface area contributed by atoms with Crippen molar-refractivity contribution in [1.29, 1.82) is 0 Å². The molecular weight excluding hydrogens is 545 g/mol. The third-order valence-corrected chi connectivity index (χ3v) is 5.80. The van der Waals surface area contributed by atoms with Crippen molar-refractivity contribution >= 4 is 0 Å². The van der Waals surface area contributed by atoms with Crippen LogP contribution in [0.4, 0.5) is 13.2 Å². The van der Waals surface area contributed by atoms with Gasteiger partial charge in [-0.05, 0) is 105 Å². The molecule has 42 heavy (non-hydrogen) atoms. The van der Waals surface area contributed by atoms with Gasteiger partial charge < -0.3 is 24.4 Å². The number of aliphatic hydroxyl groups excluding tert-OH is 1. The summed E-state index contributed by atoms with van der Waals surface area (Å²) < 4.78 is 58.0. The molecule has 3 aromatic carbocycles. The highest BCUT2D eigenvalue weighted by Crippen LogP contribution is 2.40. The van der Waals surface area contributed by atoms with Crippen molar-refractivity contribution < 1.29 is 37.6 Å². The molecule has 0 aliphatic carbocycles. The molecule has 3 rings (SSSR count). The predicted octanol–water partition coefficient (Wildman–Crippen LogP) is 9.59. The number of alkyl halides is 3. The Bertz CT molecular complexity index is 1400. The maximum Gasteiger partial charge on any atom is 0.416 e. The monoisotopic (exact) mass is 584 g/mol. The Morgan fingerprint density at radius 1 is 0.905 bits per heavy atom. The molecule has 0 spiro atoms. The molecule has 0 fully saturated rings. The Labute approximate surface area is 246 Å². The van der Waals surface area contributed by atoms with Crippen LogP contribution in [0.5, 0.6) is 28.7 Å². The van der Waals surface area contributed by atoms with Crippen LogP contribution in [0.2, 0.25) is 0 Å². The summed E-state index contributed by atoms with van der Waals surface area (Å²) in [5.41, 5.74) is 2.66. The van der Waals surface area contributed by atoms with Crippen LogP contribution >= 0.6 is 0 Å². The smallest absolute Gasteiger partial charge is 0.416 e. The van der Waals surface area contributed by atoms with Crippen LogP contribution in [0.3, 0.4) is 0 Å². The Morgan fingerprint density at radius 2 is 1.57 bits per heavy atom. The van der Waals surface area contributed by atoms with Gasteiger partial charge in [0.25, 0.3) is 0 Å². The second kappa shape index (κ2) is 15.8. The van der Waals surface area contributed by atoms with Crippen LogP contribution in [0.25, 0.3) is 0 Å². The van der Waals surface area contributed by atoms with Crippen LogP contribution < -0.4 is 14.2 Å². The normalized spacial score (nSPS) is 11.8. The average Bonchev–Trinajstić information content (AvgIpc) is 2.89. The summed E-state index contributed by atoms with van der Waals surface area (Å²) in [6.45, 7) is 15.2. The summed E-state index contributed by atoms with van der Waals surface area (Å²) >= 11 is 0. The number of aliphatic hydroxyl groups is 2. The number of hydrogen-bond donors (Lipinski definition) is 2. The van der Waals surface area contributed by atoms with Gasteiger partial charge in [0.1, 0.15) is 23.0 Å². The average molecular weight is 585 g/mol. The number of aryl methyl sites for hydroxylation is 3. The molecule has 2 N–H and O–H groups in total. The molecule has 0 saturated carbocycles. The van der Waals surface area contributed by atoms with Gasteiger partial charge in [0.05, 0.1) is 5.56 Å². The molecule has 226 valence electrons. The van der Waals surface area contributed by atoms with Crippen LogP contribution in [0.15, 0.2) is 90.7 Å². The molecule has 0 aliphatic rings. The van der Waals surface area contributed by atoms with E-state index in [1.807, 2.05) is 65.8 Å². The first kappa shape index (κ1) is 34.2. The van der Waals surface area contributed by atoms with Gasteiger partial charge in [-0.3, -0.25) is 0 Å². The van der Waals surface area contributed by atoms with Gasteiger partial charge >= 0.3 is 6.18 Å². The van der Waals surface area contributed by atoms with Gasteiger partial charge in [-0.25, -0.2) is 0 Å². The molecule has 0 saturated heterocycles. The largest absolute Gasteiger partial charge is 0.457 e. The maximum absolute atomic E-state index is 13.4. The highest BCUT2D eigenvalue weighted by atomic mass is 19.4. The zero-order valence-corrected chi connectivity index (χ0v) is 24.9. The molecule has 0 atom stereocenters. The molecule has 8 heteroatoms. The molecule has 0 unspecified atom stereocenters. The molecule has 0 amide bonds. The highest BCUT2D eigenvalue weighted by Gasteiger charge is 2.31. The quantitative estimate of drug-likeness (QED) is 0.133. The van der Waals surface area contributed by atoms with Crippen molar-refractivity contribution in [2.24, 2.45) is 0 Å². The van der Waals surface area contributed by atoms with Crippen molar-refractivity contribution in [3.63, 3.8) is 0 Å². The molecule has 3 aromatic rings. The Balaban J connectivity index is 0.00000301. The Hall–Kier alpha value is -4.01. The van der Waals surface area contributed by atoms with E-state index < -0.39 is 18.0 Å². The van der Waals surface area contributed by atoms with Crippen LogP contribution in [-0.2, 0) is 12.6 Å². The lowest BCUT2D eigenvalue weighted by molar-refractivity contribution is -0.137. The first-order valence-corrected chi connectivity index (χ1v) is 13.7. The fourth-order valence-electron chi connectivity index (χ4n) is 3.98. The van der Waals surface area contributed by atoms with E-state index in [-0.39, 0.29) is 23.7 Å². The van der Waals surface area contributed by atoms with E-state index >= 15 is 0 Å². The minimum Gasteiger partial charge on any atom is -0.457 e. The predicted molar refractivity (Wildman–Crippen MR) is 160 cm³/mol. The molecule has 0 radical (unpaired) electrons. The molecule has 0 heterocycles. The van der Waals surface area contributed by atoms with Gasteiger partial charge in [-0.15, -0.1) is 0 Å². The van der Waals surface area contributed by atoms with Crippen molar-refractivity contribution in [3.8, 4) is 28.7 Å². The van der Waals surface area contributed by atoms with Crippen LogP contribution in [0.1, 0.15) is 56.4 Å². The third kappa shape index (κ3) is 10.8. The summed E-state index contributed by atoms with van der Waals surface area (Å²) in [5, 5.41) is 18.3. The molecule has 0 aromatic heterocycles. The van der Waals surface area contributed by atoms with E-state index in [2.05, 4.69) is 6.58 Å². The zero-order chi connectivity index (χ0) is 31.4.